The van der Waals surface area contributed by atoms with Gasteiger partial charge in [0, 0.05) is 54.5 Å². The lowest BCUT2D eigenvalue weighted by Gasteiger charge is -2.43. The fourth-order valence-electron chi connectivity index (χ4n) is 4.07. The highest BCUT2D eigenvalue weighted by Crippen LogP contribution is 2.33. The number of halogens is 1. The van der Waals surface area contributed by atoms with Gasteiger partial charge in [-0.25, -0.2) is 14.4 Å². The molecule has 5 rings (SSSR count). The number of ether oxygens (including phenoxy) is 1. The second-order valence-electron chi connectivity index (χ2n) is 7.81. The SMILES string of the molecule is O=C(Nc1cc2nc(-c3cncc(F)c3)ccc2cn1)[C@H]1C[C@H](N2CCOCC2)C1. The molecule has 4 heterocycles. The zero-order chi connectivity index (χ0) is 20.5. The highest BCUT2D eigenvalue weighted by Gasteiger charge is 2.38. The van der Waals surface area contributed by atoms with E-state index in [1.807, 2.05) is 6.07 Å². The number of fused-ring (bicyclic) bond motifs is 1. The Morgan fingerprint density at radius 3 is 2.77 bits per heavy atom. The van der Waals surface area contributed by atoms with E-state index in [-0.39, 0.29) is 11.8 Å². The van der Waals surface area contributed by atoms with Crippen molar-refractivity contribution in [3.63, 3.8) is 0 Å². The molecule has 2 fully saturated rings. The largest absolute Gasteiger partial charge is 0.379 e. The maximum Gasteiger partial charge on any atom is 0.228 e. The lowest BCUT2D eigenvalue weighted by molar-refractivity contribution is -0.125. The van der Waals surface area contributed by atoms with Crippen molar-refractivity contribution >= 4 is 22.6 Å². The summed E-state index contributed by atoms with van der Waals surface area (Å²) in [6.07, 6.45) is 6.15. The first kappa shape index (κ1) is 19.0. The van der Waals surface area contributed by atoms with Gasteiger partial charge in [0.1, 0.15) is 11.6 Å². The van der Waals surface area contributed by atoms with E-state index in [0.717, 1.165) is 50.7 Å². The average molecular weight is 407 g/mol. The van der Waals surface area contributed by atoms with Gasteiger partial charge in [-0.2, -0.15) is 0 Å². The number of aromatic nitrogens is 3. The second-order valence-corrected chi connectivity index (χ2v) is 7.81. The minimum Gasteiger partial charge on any atom is -0.379 e. The molecular weight excluding hydrogens is 385 g/mol. The Hall–Kier alpha value is -2.97. The summed E-state index contributed by atoms with van der Waals surface area (Å²) in [4.78, 5) is 27.8. The van der Waals surface area contributed by atoms with Crippen LogP contribution in [-0.2, 0) is 9.53 Å². The molecule has 2 aliphatic rings. The van der Waals surface area contributed by atoms with Crippen LogP contribution in [0.15, 0.2) is 42.9 Å². The Morgan fingerprint density at radius 2 is 1.97 bits per heavy atom. The topological polar surface area (TPSA) is 80.2 Å². The van der Waals surface area contributed by atoms with Crippen molar-refractivity contribution in [1.29, 1.82) is 0 Å². The molecule has 0 unspecified atom stereocenters. The van der Waals surface area contributed by atoms with E-state index in [1.54, 1.807) is 24.5 Å². The number of anilines is 1. The fraction of sp³-hybridized carbons (Fsp3) is 0.364. The summed E-state index contributed by atoms with van der Waals surface area (Å²) >= 11 is 0. The first-order valence-electron chi connectivity index (χ1n) is 10.2. The van der Waals surface area contributed by atoms with Gasteiger partial charge in [0.2, 0.25) is 5.91 Å². The number of morpholine rings is 1. The average Bonchev–Trinajstić information content (AvgIpc) is 2.73. The molecule has 7 nitrogen and oxygen atoms in total. The minimum absolute atomic E-state index is 0.00292. The van der Waals surface area contributed by atoms with Gasteiger partial charge in [0.25, 0.3) is 0 Å². The molecule has 154 valence electrons. The van der Waals surface area contributed by atoms with Crippen molar-refractivity contribution in [2.75, 3.05) is 31.6 Å². The van der Waals surface area contributed by atoms with Crippen LogP contribution in [0.5, 0.6) is 0 Å². The number of rotatable bonds is 4. The molecule has 1 saturated heterocycles. The number of amides is 1. The molecule has 8 heteroatoms. The standard InChI is InChI=1S/C22H22FN5O2/c23-17-7-16(11-24-13-17)19-2-1-14-12-25-21(10-20(14)26-19)27-22(29)15-8-18(9-15)28-3-5-30-6-4-28/h1-2,7,10-13,15,18H,3-6,8-9H2,(H,25,27,29)/t15-,18-. The minimum atomic E-state index is -0.409. The van der Waals surface area contributed by atoms with Gasteiger partial charge in [-0.15, -0.1) is 0 Å². The summed E-state index contributed by atoms with van der Waals surface area (Å²) in [7, 11) is 0. The number of hydrogen-bond acceptors (Lipinski definition) is 6. The zero-order valence-corrected chi connectivity index (χ0v) is 16.4. The highest BCUT2D eigenvalue weighted by atomic mass is 19.1. The van der Waals surface area contributed by atoms with Crippen LogP contribution in [-0.4, -0.2) is 58.1 Å². The van der Waals surface area contributed by atoms with E-state index in [2.05, 4.69) is 25.2 Å². The molecule has 1 aliphatic heterocycles. The Labute approximate surface area is 173 Å². The van der Waals surface area contributed by atoms with Crippen molar-refractivity contribution in [1.82, 2.24) is 19.9 Å². The number of pyridine rings is 3. The van der Waals surface area contributed by atoms with Gasteiger partial charge in [0.05, 0.1) is 30.6 Å². The first-order valence-corrected chi connectivity index (χ1v) is 10.2. The van der Waals surface area contributed by atoms with Crippen molar-refractivity contribution in [2.45, 2.75) is 18.9 Å². The summed E-state index contributed by atoms with van der Waals surface area (Å²) in [6.45, 7) is 3.43. The monoisotopic (exact) mass is 407 g/mol. The van der Waals surface area contributed by atoms with E-state index in [0.29, 0.717) is 28.6 Å². The summed E-state index contributed by atoms with van der Waals surface area (Å²) in [5.41, 5.74) is 1.90. The molecule has 0 bridgehead atoms. The third-order valence-electron chi connectivity index (χ3n) is 5.87. The molecule has 3 aromatic heterocycles. The summed E-state index contributed by atoms with van der Waals surface area (Å²) in [5.74, 6) is 0.0714. The predicted octanol–water partition coefficient (Wildman–Crippen LogP) is 2.88. The molecule has 1 amide bonds. The maximum atomic E-state index is 13.5. The quantitative estimate of drug-likeness (QED) is 0.716. The molecule has 0 atom stereocenters. The lowest BCUT2D eigenvalue weighted by Crippen LogP contribution is -2.52. The van der Waals surface area contributed by atoms with E-state index >= 15 is 0 Å². The van der Waals surface area contributed by atoms with Gasteiger partial charge in [0.15, 0.2) is 0 Å². The Kier molecular flexibility index (Phi) is 5.10. The van der Waals surface area contributed by atoms with Gasteiger partial charge in [-0.1, -0.05) is 0 Å². The highest BCUT2D eigenvalue weighted by molar-refractivity contribution is 5.94. The number of carbonyl (C=O) groups is 1. The van der Waals surface area contributed by atoms with Gasteiger partial charge in [-0.05, 0) is 31.0 Å². The van der Waals surface area contributed by atoms with Crippen LogP contribution < -0.4 is 5.32 Å². The van der Waals surface area contributed by atoms with Crippen LogP contribution in [0.4, 0.5) is 10.2 Å². The number of carbonyl (C=O) groups excluding carboxylic acids is 1. The van der Waals surface area contributed by atoms with Crippen LogP contribution >= 0.6 is 0 Å². The smallest absolute Gasteiger partial charge is 0.228 e. The van der Waals surface area contributed by atoms with Crippen LogP contribution in [0.1, 0.15) is 12.8 Å². The van der Waals surface area contributed by atoms with Crippen LogP contribution in [0.2, 0.25) is 0 Å². The van der Waals surface area contributed by atoms with Crippen molar-refractivity contribution < 1.29 is 13.9 Å². The maximum absolute atomic E-state index is 13.5. The Morgan fingerprint density at radius 1 is 1.13 bits per heavy atom. The number of nitrogens with zero attached hydrogens (tertiary/aromatic N) is 4. The molecule has 0 radical (unpaired) electrons. The van der Waals surface area contributed by atoms with Gasteiger partial charge in [-0.3, -0.25) is 14.7 Å². The van der Waals surface area contributed by atoms with E-state index in [1.165, 1.54) is 6.07 Å². The zero-order valence-electron chi connectivity index (χ0n) is 16.4. The molecule has 30 heavy (non-hydrogen) atoms. The van der Waals surface area contributed by atoms with E-state index < -0.39 is 5.82 Å². The lowest BCUT2D eigenvalue weighted by atomic mass is 9.78. The van der Waals surface area contributed by atoms with Crippen molar-refractivity contribution in [2.24, 2.45) is 5.92 Å². The molecule has 0 spiro atoms. The van der Waals surface area contributed by atoms with E-state index in [4.69, 9.17) is 4.74 Å². The number of hydrogen-bond donors (Lipinski definition) is 1. The third kappa shape index (κ3) is 3.88. The molecule has 1 saturated carbocycles. The molecule has 1 N–H and O–H groups in total. The third-order valence-corrected chi connectivity index (χ3v) is 5.87. The Balaban J connectivity index is 1.27. The first-order chi connectivity index (χ1) is 14.7. The summed E-state index contributed by atoms with van der Waals surface area (Å²) < 4.78 is 18.9. The molecular formula is C22H22FN5O2. The van der Waals surface area contributed by atoms with Crippen LogP contribution in [0, 0.1) is 11.7 Å². The van der Waals surface area contributed by atoms with Crippen molar-refractivity contribution in [3.05, 3.63) is 48.7 Å². The summed E-state index contributed by atoms with van der Waals surface area (Å²) in [6, 6.07) is 7.30. The second kappa shape index (κ2) is 8.04. The molecule has 1 aliphatic carbocycles. The Bertz CT molecular complexity index is 1080. The van der Waals surface area contributed by atoms with Crippen molar-refractivity contribution in [3.8, 4) is 11.3 Å². The van der Waals surface area contributed by atoms with Crippen LogP contribution in [0.3, 0.4) is 0 Å². The molecule has 3 aromatic rings. The van der Waals surface area contributed by atoms with Crippen LogP contribution in [0.25, 0.3) is 22.2 Å². The predicted molar refractivity (Wildman–Crippen MR) is 110 cm³/mol. The van der Waals surface area contributed by atoms with Gasteiger partial charge >= 0.3 is 0 Å². The normalized spacial score (nSPS) is 21.9. The fourth-order valence-corrected chi connectivity index (χ4v) is 4.07. The molecule has 0 aromatic carbocycles. The van der Waals surface area contributed by atoms with Gasteiger partial charge < -0.3 is 10.1 Å². The van der Waals surface area contributed by atoms with E-state index in [9.17, 15) is 9.18 Å². The number of nitrogens with one attached hydrogen (secondary N) is 1. The summed E-state index contributed by atoms with van der Waals surface area (Å²) in [5, 5.41) is 3.77.